The minimum Gasteiger partial charge on any atom is -0.497 e. The van der Waals surface area contributed by atoms with E-state index in [4.69, 9.17) is 9.84 Å². The molecular formula is C14H13NO3. The Morgan fingerprint density at radius 2 is 2.00 bits per heavy atom. The van der Waals surface area contributed by atoms with Crippen LogP contribution in [0, 0.1) is 6.92 Å². The van der Waals surface area contributed by atoms with E-state index in [2.05, 4.69) is 4.98 Å². The highest BCUT2D eigenvalue weighted by atomic mass is 16.5. The smallest absolute Gasteiger partial charge is 0.335 e. The number of carboxylic acid groups (broad SMARTS) is 1. The maximum Gasteiger partial charge on any atom is 0.335 e. The van der Waals surface area contributed by atoms with Crippen molar-refractivity contribution < 1.29 is 14.6 Å². The van der Waals surface area contributed by atoms with Crippen molar-refractivity contribution in [2.45, 2.75) is 6.92 Å². The molecule has 18 heavy (non-hydrogen) atoms. The predicted octanol–water partition coefficient (Wildman–Crippen LogP) is 2.76. The van der Waals surface area contributed by atoms with Gasteiger partial charge in [0.25, 0.3) is 0 Å². The highest BCUT2D eigenvalue weighted by Gasteiger charge is 2.09. The molecule has 1 N–H and O–H groups in total. The van der Waals surface area contributed by atoms with Crippen LogP contribution >= 0.6 is 0 Å². The Morgan fingerprint density at radius 1 is 1.22 bits per heavy atom. The van der Waals surface area contributed by atoms with E-state index in [9.17, 15) is 4.79 Å². The van der Waals surface area contributed by atoms with Crippen LogP contribution in [-0.2, 0) is 0 Å². The zero-order valence-electron chi connectivity index (χ0n) is 10.2. The number of carbonyl (C=O) groups is 1. The summed E-state index contributed by atoms with van der Waals surface area (Å²) in [5.41, 5.74) is 2.76. The topological polar surface area (TPSA) is 59.4 Å². The molecular weight excluding hydrogens is 230 g/mol. The van der Waals surface area contributed by atoms with Crippen LogP contribution in [0.25, 0.3) is 11.1 Å². The van der Waals surface area contributed by atoms with E-state index in [1.54, 1.807) is 18.3 Å². The summed E-state index contributed by atoms with van der Waals surface area (Å²) < 4.78 is 5.11. The number of aromatic carboxylic acids is 1. The van der Waals surface area contributed by atoms with Crippen molar-refractivity contribution in [3.8, 4) is 16.9 Å². The second-order valence-corrected chi connectivity index (χ2v) is 3.94. The van der Waals surface area contributed by atoms with E-state index in [1.165, 1.54) is 13.2 Å². The minimum absolute atomic E-state index is 0.199. The molecule has 2 rings (SSSR count). The van der Waals surface area contributed by atoms with Gasteiger partial charge in [-0.1, -0.05) is 6.07 Å². The fourth-order valence-electron chi connectivity index (χ4n) is 1.65. The van der Waals surface area contributed by atoms with E-state index < -0.39 is 5.97 Å². The lowest BCUT2D eigenvalue weighted by atomic mass is 10.0. The fraction of sp³-hybridized carbons (Fsp3) is 0.143. The molecule has 0 atom stereocenters. The van der Waals surface area contributed by atoms with Crippen LogP contribution in [0.2, 0.25) is 0 Å². The van der Waals surface area contributed by atoms with Crippen LogP contribution in [0.4, 0.5) is 0 Å². The Kier molecular flexibility index (Phi) is 3.28. The maximum absolute atomic E-state index is 11.0. The van der Waals surface area contributed by atoms with Gasteiger partial charge in [-0.15, -0.1) is 0 Å². The Balaban J connectivity index is 2.52. The molecule has 92 valence electrons. The summed E-state index contributed by atoms with van der Waals surface area (Å²) in [5, 5.41) is 9.05. The number of pyridine rings is 1. The first kappa shape index (κ1) is 12.1. The van der Waals surface area contributed by atoms with E-state index in [0.29, 0.717) is 5.75 Å². The second kappa shape index (κ2) is 4.87. The predicted molar refractivity (Wildman–Crippen MR) is 67.9 cm³/mol. The molecule has 0 aliphatic rings. The van der Waals surface area contributed by atoms with Crippen molar-refractivity contribution in [3.05, 3.63) is 47.8 Å². The number of rotatable bonds is 3. The average molecular weight is 243 g/mol. The number of aromatic nitrogens is 1. The van der Waals surface area contributed by atoms with Crippen molar-refractivity contribution in [1.29, 1.82) is 0 Å². The first-order chi connectivity index (χ1) is 8.60. The van der Waals surface area contributed by atoms with Gasteiger partial charge in [-0.3, -0.25) is 4.98 Å². The molecule has 0 spiro atoms. The average Bonchev–Trinajstić information content (AvgIpc) is 2.39. The first-order valence-corrected chi connectivity index (χ1v) is 5.45. The van der Waals surface area contributed by atoms with Crippen LogP contribution in [0.5, 0.6) is 5.75 Å². The lowest BCUT2D eigenvalue weighted by Gasteiger charge is -2.07. The molecule has 0 radical (unpaired) electrons. The lowest BCUT2D eigenvalue weighted by Crippen LogP contribution is -1.98. The van der Waals surface area contributed by atoms with Gasteiger partial charge in [0.05, 0.1) is 12.7 Å². The molecule has 0 saturated carbocycles. The molecule has 0 bridgehead atoms. The highest BCUT2D eigenvalue weighted by molar-refractivity contribution is 5.90. The van der Waals surface area contributed by atoms with Crippen LogP contribution in [0.1, 0.15) is 16.1 Å². The third-order valence-corrected chi connectivity index (χ3v) is 2.63. The maximum atomic E-state index is 11.0. The van der Waals surface area contributed by atoms with Gasteiger partial charge in [-0.2, -0.15) is 0 Å². The van der Waals surface area contributed by atoms with Gasteiger partial charge in [0.2, 0.25) is 0 Å². The number of nitrogens with zero attached hydrogens (tertiary/aromatic N) is 1. The van der Waals surface area contributed by atoms with Crippen molar-refractivity contribution in [2.75, 3.05) is 7.11 Å². The summed E-state index contributed by atoms with van der Waals surface area (Å²) in [6.07, 6.45) is 1.72. The van der Waals surface area contributed by atoms with Crippen LogP contribution in [-0.4, -0.2) is 23.2 Å². The number of aryl methyl sites for hydroxylation is 1. The van der Waals surface area contributed by atoms with Crippen molar-refractivity contribution >= 4 is 5.97 Å². The molecule has 0 aliphatic carbocycles. The van der Waals surface area contributed by atoms with E-state index in [1.807, 2.05) is 19.1 Å². The van der Waals surface area contributed by atoms with Crippen molar-refractivity contribution in [2.24, 2.45) is 0 Å². The highest BCUT2D eigenvalue weighted by Crippen LogP contribution is 2.25. The Bertz CT molecular complexity index is 576. The number of carboxylic acids is 1. The van der Waals surface area contributed by atoms with Gasteiger partial charge in [-0.05, 0) is 36.8 Å². The molecule has 1 aromatic carbocycles. The van der Waals surface area contributed by atoms with Crippen LogP contribution in [0.3, 0.4) is 0 Å². The quantitative estimate of drug-likeness (QED) is 0.900. The lowest BCUT2D eigenvalue weighted by molar-refractivity contribution is 0.0696. The minimum atomic E-state index is -0.977. The molecule has 0 fully saturated rings. The summed E-state index contributed by atoms with van der Waals surface area (Å²) in [4.78, 5) is 15.2. The summed E-state index contributed by atoms with van der Waals surface area (Å²) >= 11 is 0. The third-order valence-electron chi connectivity index (χ3n) is 2.63. The Hall–Kier alpha value is -2.36. The monoisotopic (exact) mass is 243 g/mol. The standard InChI is InChI=1S/C14H13NO3/c1-9-3-4-10(8-15-9)11-5-12(14(16)17)7-13(6-11)18-2/h3-8H,1-2H3,(H,16,17). The summed E-state index contributed by atoms with van der Waals surface area (Å²) in [6.45, 7) is 1.90. The molecule has 0 unspecified atom stereocenters. The van der Waals surface area contributed by atoms with E-state index >= 15 is 0 Å². The number of hydrogen-bond acceptors (Lipinski definition) is 3. The van der Waals surface area contributed by atoms with E-state index in [0.717, 1.165) is 16.8 Å². The molecule has 0 saturated heterocycles. The SMILES string of the molecule is COc1cc(C(=O)O)cc(-c2ccc(C)nc2)c1. The third kappa shape index (κ3) is 2.48. The number of hydrogen-bond donors (Lipinski definition) is 1. The van der Waals surface area contributed by atoms with Gasteiger partial charge in [-0.25, -0.2) is 4.79 Å². The van der Waals surface area contributed by atoms with Crippen LogP contribution in [0.15, 0.2) is 36.5 Å². The van der Waals surface area contributed by atoms with Gasteiger partial charge < -0.3 is 9.84 Å². The summed E-state index contributed by atoms with van der Waals surface area (Å²) in [5.74, 6) is -0.458. The molecule has 0 aliphatic heterocycles. The van der Waals surface area contributed by atoms with Crippen LogP contribution < -0.4 is 4.74 Å². The van der Waals surface area contributed by atoms with Gasteiger partial charge in [0, 0.05) is 17.5 Å². The molecule has 0 amide bonds. The fourth-order valence-corrected chi connectivity index (χ4v) is 1.65. The molecule has 2 aromatic rings. The number of methoxy groups -OCH3 is 1. The molecule has 4 heteroatoms. The zero-order valence-corrected chi connectivity index (χ0v) is 10.2. The molecule has 1 heterocycles. The summed E-state index contributed by atoms with van der Waals surface area (Å²) in [7, 11) is 1.51. The largest absolute Gasteiger partial charge is 0.497 e. The van der Waals surface area contributed by atoms with E-state index in [-0.39, 0.29) is 5.56 Å². The summed E-state index contributed by atoms with van der Waals surface area (Å²) in [6, 6.07) is 8.68. The Labute approximate surface area is 105 Å². The normalized spacial score (nSPS) is 10.1. The second-order valence-electron chi connectivity index (χ2n) is 3.94. The Morgan fingerprint density at radius 3 is 2.56 bits per heavy atom. The number of benzene rings is 1. The molecule has 4 nitrogen and oxygen atoms in total. The van der Waals surface area contributed by atoms with Crippen molar-refractivity contribution in [3.63, 3.8) is 0 Å². The van der Waals surface area contributed by atoms with Gasteiger partial charge in [0.1, 0.15) is 5.75 Å². The number of ether oxygens (including phenoxy) is 1. The van der Waals surface area contributed by atoms with Gasteiger partial charge in [0.15, 0.2) is 0 Å². The first-order valence-electron chi connectivity index (χ1n) is 5.45. The zero-order chi connectivity index (χ0) is 13.1. The molecule has 1 aromatic heterocycles. The van der Waals surface area contributed by atoms with Gasteiger partial charge >= 0.3 is 5.97 Å². The van der Waals surface area contributed by atoms with Crippen molar-refractivity contribution in [1.82, 2.24) is 4.98 Å².